The van der Waals surface area contributed by atoms with Crippen molar-refractivity contribution in [1.82, 2.24) is 5.32 Å². The van der Waals surface area contributed by atoms with Crippen LogP contribution in [-0.4, -0.2) is 37.8 Å². The SMILES string of the molecule is CCOc1ccc(C2(CNC(=O)C3(N)CCCC3)CCOCC2)cc1.Cl. The molecule has 0 aromatic heterocycles. The molecule has 2 fully saturated rings. The van der Waals surface area contributed by atoms with Crippen LogP contribution in [0.3, 0.4) is 0 Å². The minimum absolute atomic E-state index is 0. The summed E-state index contributed by atoms with van der Waals surface area (Å²) in [7, 11) is 0. The van der Waals surface area contributed by atoms with Crippen LogP contribution in [0.5, 0.6) is 5.75 Å². The van der Waals surface area contributed by atoms with Gasteiger partial charge in [0.05, 0.1) is 12.1 Å². The van der Waals surface area contributed by atoms with Crippen molar-refractivity contribution in [3.8, 4) is 5.75 Å². The molecule has 1 heterocycles. The van der Waals surface area contributed by atoms with E-state index >= 15 is 0 Å². The van der Waals surface area contributed by atoms with Gasteiger partial charge in [0.2, 0.25) is 5.91 Å². The zero-order valence-electron chi connectivity index (χ0n) is 15.6. The fourth-order valence-electron chi connectivity index (χ4n) is 4.06. The van der Waals surface area contributed by atoms with Gasteiger partial charge in [0, 0.05) is 25.2 Å². The van der Waals surface area contributed by atoms with E-state index in [1.807, 2.05) is 19.1 Å². The average Bonchev–Trinajstić information content (AvgIpc) is 3.09. The second-order valence-corrected chi connectivity index (χ2v) is 7.40. The predicted molar refractivity (Wildman–Crippen MR) is 105 cm³/mol. The maximum Gasteiger partial charge on any atom is 0.240 e. The predicted octanol–water partition coefficient (Wildman–Crippen LogP) is 2.94. The van der Waals surface area contributed by atoms with Crippen LogP contribution in [0.25, 0.3) is 0 Å². The summed E-state index contributed by atoms with van der Waals surface area (Å²) in [5.41, 5.74) is 6.77. The molecule has 1 amide bonds. The molecule has 1 saturated carbocycles. The van der Waals surface area contributed by atoms with Gasteiger partial charge < -0.3 is 20.5 Å². The minimum Gasteiger partial charge on any atom is -0.494 e. The van der Waals surface area contributed by atoms with Crippen LogP contribution in [0.15, 0.2) is 24.3 Å². The first-order valence-corrected chi connectivity index (χ1v) is 9.46. The molecule has 26 heavy (non-hydrogen) atoms. The second kappa shape index (κ2) is 9.07. The fraction of sp³-hybridized carbons (Fsp3) is 0.650. The molecule has 3 rings (SSSR count). The van der Waals surface area contributed by atoms with Crippen molar-refractivity contribution < 1.29 is 14.3 Å². The Bertz CT molecular complexity index is 579. The van der Waals surface area contributed by atoms with Gasteiger partial charge in [-0.15, -0.1) is 12.4 Å². The number of carbonyl (C=O) groups is 1. The van der Waals surface area contributed by atoms with Gasteiger partial charge in [0.15, 0.2) is 0 Å². The number of carbonyl (C=O) groups excluding carboxylic acids is 1. The fourth-order valence-corrected chi connectivity index (χ4v) is 4.06. The molecule has 2 aliphatic rings. The zero-order valence-corrected chi connectivity index (χ0v) is 16.4. The summed E-state index contributed by atoms with van der Waals surface area (Å²) in [6, 6.07) is 8.27. The maximum absolute atomic E-state index is 12.6. The Hall–Kier alpha value is -1.30. The highest BCUT2D eigenvalue weighted by Crippen LogP contribution is 2.36. The molecule has 0 unspecified atom stereocenters. The summed E-state index contributed by atoms with van der Waals surface area (Å²) < 4.78 is 11.1. The van der Waals surface area contributed by atoms with E-state index in [-0.39, 0.29) is 23.7 Å². The molecule has 1 saturated heterocycles. The quantitative estimate of drug-likeness (QED) is 0.793. The lowest BCUT2D eigenvalue weighted by Crippen LogP contribution is -2.55. The van der Waals surface area contributed by atoms with Crippen molar-refractivity contribution in [3.63, 3.8) is 0 Å². The van der Waals surface area contributed by atoms with Crippen molar-refractivity contribution in [1.29, 1.82) is 0 Å². The van der Waals surface area contributed by atoms with E-state index in [1.165, 1.54) is 5.56 Å². The van der Waals surface area contributed by atoms with Crippen LogP contribution >= 0.6 is 12.4 Å². The molecule has 5 nitrogen and oxygen atoms in total. The van der Waals surface area contributed by atoms with Gasteiger partial charge in [-0.05, 0) is 50.3 Å². The van der Waals surface area contributed by atoms with Gasteiger partial charge in [-0.25, -0.2) is 0 Å². The molecule has 1 aromatic carbocycles. The number of benzene rings is 1. The van der Waals surface area contributed by atoms with Crippen LogP contribution < -0.4 is 15.8 Å². The largest absolute Gasteiger partial charge is 0.494 e. The third kappa shape index (κ3) is 4.51. The summed E-state index contributed by atoms with van der Waals surface area (Å²) in [5, 5.41) is 3.16. The normalized spacial score (nSPS) is 20.8. The van der Waals surface area contributed by atoms with Crippen molar-refractivity contribution in [2.75, 3.05) is 26.4 Å². The zero-order chi connectivity index (χ0) is 17.8. The summed E-state index contributed by atoms with van der Waals surface area (Å²) in [6.45, 7) is 4.69. The highest BCUT2D eigenvalue weighted by atomic mass is 35.5. The second-order valence-electron chi connectivity index (χ2n) is 7.40. The van der Waals surface area contributed by atoms with Gasteiger partial charge in [-0.3, -0.25) is 4.79 Å². The van der Waals surface area contributed by atoms with E-state index in [0.29, 0.717) is 13.2 Å². The van der Waals surface area contributed by atoms with Crippen LogP contribution in [0.4, 0.5) is 0 Å². The Morgan fingerprint density at radius 3 is 2.35 bits per heavy atom. The first-order chi connectivity index (χ1) is 12.1. The molecule has 3 N–H and O–H groups in total. The smallest absolute Gasteiger partial charge is 0.240 e. The van der Waals surface area contributed by atoms with E-state index in [9.17, 15) is 4.79 Å². The average molecular weight is 383 g/mol. The molecule has 0 bridgehead atoms. The van der Waals surface area contributed by atoms with Crippen LogP contribution in [0.2, 0.25) is 0 Å². The topological polar surface area (TPSA) is 73.6 Å². The molecule has 1 aliphatic heterocycles. The Morgan fingerprint density at radius 1 is 1.15 bits per heavy atom. The first-order valence-electron chi connectivity index (χ1n) is 9.46. The van der Waals surface area contributed by atoms with Crippen molar-refractivity contribution >= 4 is 18.3 Å². The van der Waals surface area contributed by atoms with E-state index in [2.05, 4.69) is 17.4 Å². The third-order valence-electron chi connectivity index (χ3n) is 5.76. The summed E-state index contributed by atoms with van der Waals surface area (Å²) in [4.78, 5) is 12.6. The first kappa shape index (κ1) is 21.0. The van der Waals surface area contributed by atoms with E-state index in [0.717, 1.165) is 57.5 Å². The molecule has 146 valence electrons. The minimum atomic E-state index is -0.675. The number of nitrogens with two attached hydrogens (primary N) is 1. The van der Waals surface area contributed by atoms with Crippen LogP contribution in [0, 0.1) is 0 Å². The molecule has 1 aromatic rings. The Labute approximate surface area is 162 Å². The summed E-state index contributed by atoms with van der Waals surface area (Å²) in [6.07, 6.45) is 5.47. The number of nitrogens with one attached hydrogen (secondary N) is 1. The molecular weight excluding hydrogens is 352 g/mol. The summed E-state index contributed by atoms with van der Waals surface area (Å²) >= 11 is 0. The Kier molecular flexibility index (Phi) is 7.33. The monoisotopic (exact) mass is 382 g/mol. The van der Waals surface area contributed by atoms with Crippen molar-refractivity contribution in [3.05, 3.63) is 29.8 Å². The van der Waals surface area contributed by atoms with E-state index in [4.69, 9.17) is 15.2 Å². The lowest BCUT2D eigenvalue weighted by atomic mass is 9.74. The number of amides is 1. The van der Waals surface area contributed by atoms with Crippen LogP contribution in [-0.2, 0) is 14.9 Å². The Morgan fingerprint density at radius 2 is 1.77 bits per heavy atom. The number of hydrogen-bond acceptors (Lipinski definition) is 4. The molecule has 0 atom stereocenters. The molecule has 1 aliphatic carbocycles. The lowest BCUT2D eigenvalue weighted by molar-refractivity contribution is -0.126. The standard InChI is InChI=1S/C20H30N2O3.ClH/c1-2-25-17-7-5-16(6-8-17)19(11-13-24-14-12-19)15-22-18(23)20(21)9-3-4-10-20;/h5-8H,2-4,9-15,21H2,1H3,(H,22,23);1H. The van der Waals surface area contributed by atoms with Gasteiger partial charge in [0.1, 0.15) is 5.75 Å². The van der Waals surface area contributed by atoms with Gasteiger partial charge >= 0.3 is 0 Å². The van der Waals surface area contributed by atoms with Crippen molar-refractivity contribution in [2.24, 2.45) is 5.73 Å². The number of ether oxygens (including phenoxy) is 2. The van der Waals surface area contributed by atoms with E-state index in [1.54, 1.807) is 0 Å². The molecular formula is C20H31ClN2O3. The highest BCUT2D eigenvalue weighted by Gasteiger charge is 2.40. The maximum atomic E-state index is 12.6. The van der Waals surface area contributed by atoms with Gasteiger partial charge in [0.25, 0.3) is 0 Å². The van der Waals surface area contributed by atoms with Gasteiger partial charge in [-0.1, -0.05) is 25.0 Å². The lowest BCUT2D eigenvalue weighted by Gasteiger charge is -2.38. The molecule has 0 spiro atoms. The molecule has 6 heteroatoms. The van der Waals surface area contributed by atoms with Gasteiger partial charge in [-0.2, -0.15) is 0 Å². The van der Waals surface area contributed by atoms with E-state index < -0.39 is 5.54 Å². The Balaban J connectivity index is 0.00000243. The third-order valence-corrected chi connectivity index (χ3v) is 5.76. The number of hydrogen-bond donors (Lipinski definition) is 2. The highest BCUT2D eigenvalue weighted by molar-refractivity contribution is 5.86. The number of rotatable bonds is 6. The van der Waals surface area contributed by atoms with Crippen LogP contribution in [0.1, 0.15) is 51.0 Å². The number of halogens is 1. The van der Waals surface area contributed by atoms with Crippen molar-refractivity contribution in [2.45, 2.75) is 56.4 Å². The summed E-state index contributed by atoms with van der Waals surface area (Å²) in [5.74, 6) is 0.881. The molecule has 0 radical (unpaired) electrons.